The molecule has 0 saturated carbocycles. The molecule has 1 aromatic carbocycles. The Kier molecular flexibility index (Phi) is 4.49. The van der Waals surface area contributed by atoms with Crippen LogP contribution in [0, 0.1) is 0 Å². The summed E-state index contributed by atoms with van der Waals surface area (Å²) < 4.78 is 0. The Morgan fingerprint density at radius 3 is 2.75 bits per heavy atom. The predicted octanol–water partition coefficient (Wildman–Crippen LogP) is 2.98. The second-order valence-corrected chi connectivity index (χ2v) is 6.55. The summed E-state index contributed by atoms with van der Waals surface area (Å²) in [6.07, 6.45) is 5.45. The van der Waals surface area contributed by atoms with Crippen molar-refractivity contribution in [1.82, 2.24) is 9.80 Å². The number of hydrogen-bond donors (Lipinski definition) is 1. The van der Waals surface area contributed by atoms with Gasteiger partial charge in [0, 0.05) is 36.4 Å². The summed E-state index contributed by atoms with van der Waals surface area (Å²) in [4.78, 5) is 5.20. The van der Waals surface area contributed by atoms with Gasteiger partial charge in [-0.25, -0.2) is 0 Å². The van der Waals surface area contributed by atoms with Crippen LogP contribution in [0.15, 0.2) is 18.2 Å². The van der Waals surface area contributed by atoms with Gasteiger partial charge in [-0.3, -0.25) is 9.80 Å². The summed E-state index contributed by atoms with van der Waals surface area (Å²) in [5.74, 6) is 0. The fraction of sp³-hybridized carbons (Fsp3) is 0.625. The number of halogens is 1. The zero-order valence-corrected chi connectivity index (χ0v) is 12.8. The quantitative estimate of drug-likeness (QED) is 0.870. The fourth-order valence-electron chi connectivity index (χ4n) is 3.49. The molecule has 110 valence electrons. The van der Waals surface area contributed by atoms with Gasteiger partial charge >= 0.3 is 0 Å². The molecule has 1 unspecified atom stereocenters. The number of hydrogen-bond acceptors (Lipinski definition) is 3. The van der Waals surface area contributed by atoms with E-state index in [-0.39, 0.29) is 0 Å². The predicted molar refractivity (Wildman–Crippen MR) is 85.0 cm³/mol. The monoisotopic (exact) mass is 293 g/mol. The summed E-state index contributed by atoms with van der Waals surface area (Å²) in [6.45, 7) is 5.85. The largest absolute Gasteiger partial charge is 0.398 e. The molecule has 0 amide bonds. The van der Waals surface area contributed by atoms with Crippen molar-refractivity contribution in [2.75, 3.05) is 31.9 Å². The molecule has 1 aromatic rings. The number of nitrogens with zero attached hydrogens (tertiary/aromatic N) is 2. The van der Waals surface area contributed by atoms with Crippen LogP contribution in [0.5, 0.6) is 0 Å². The van der Waals surface area contributed by atoms with E-state index in [1.807, 2.05) is 18.2 Å². The third-order valence-corrected chi connectivity index (χ3v) is 4.89. The van der Waals surface area contributed by atoms with Crippen LogP contribution in [0.1, 0.15) is 31.2 Å². The van der Waals surface area contributed by atoms with Crippen LogP contribution in [0.3, 0.4) is 0 Å². The third-order valence-electron chi connectivity index (χ3n) is 4.65. The van der Waals surface area contributed by atoms with Gasteiger partial charge in [0.05, 0.1) is 0 Å². The normalized spacial score (nSPS) is 25.1. The Balaban J connectivity index is 1.58. The summed E-state index contributed by atoms with van der Waals surface area (Å²) in [6, 6.07) is 6.53. The Bertz CT molecular complexity index is 457. The van der Waals surface area contributed by atoms with E-state index in [0.717, 1.165) is 28.9 Å². The van der Waals surface area contributed by atoms with E-state index in [1.165, 1.54) is 51.9 Å². The molecule has 0 bridgehead atoms. The average Bonchev–Trinajstić information content (AvgIpc) is 2.92. The van der Waals surface area contributed by atoms with Crippen molar-refractivity contribution in [2.45, 2.75) is 38.3 Å². The van der Waals surface area contributed by atoms with Gasteiger partial charge in [0.25, 0.3) is 0 Å². The molecule has 2 aliphatic rings. The van der Waals surface area contributed by atoms with Crippen LogP contribution in [-0.2, 0) is 6.54 Å². The standard InChI is InChI=1S/C16H24ClN3/c17-14-4-5-16(18)13(10-14)11-19-9-6-15(12-19)20-7-2-1-3-8-20/h4-5,10,15H,1-3,6-9,11-12,18H2. The second-order valence-electron chi connectivity index (χ2n) is 6.12. The van der Waals surface area contributed by atoms with Crippen molar-refractivity contribution in [3.8, 4) is 0 Å². The van der Waals surface area contributed by atoms with Crippen LogP contribution in [0.4, 0.5) is 5.69 Å². The minimum atomic E-state index is 0.746. The second kappa shape index (κ2) is 6.33. The van der Waals surface area contributed by atoms with Gasteiger partial charge in [-0.15, -0.1) is 0 Å². The zero-order chi connectivity index (χ0) is 13.9. The molecule has 20 heavy (non-hydrogen) atoms. The number of nitrogen functional groups attached to an aromatic ring is 1. The van der Waals surface area contributed by atoms with Crippen LogP contribution < -0.4 is 5.73 Å². The van der Waals surface area contributed by atoms with Gasteiger partial charge in [-0.1, -0.05) is 18.0 Å². The van der Waals surface area contributed by atoms with E-state index < -0.39 is 0 Å². The van der Waals surface area contributed by atoms with Gasteiger partial charge < -0.3 is 5.73 Å². The van der Waals surface area contributed by atoms with E-state index >= 15 is 0 Å². The topological polar surface area (TPSA) is 32.5 Å². The van der Waals surface area contributed by atoms with E-state index in [1.54, 1.807) is 0 Å². The molecule has 4 heteroatoms. The van der Waals surface area contributed by atoms with Crippen molar-refractivity contribution in [2.24, 2.45) is 0 Å². The lowest BCUT2D eigenvalue weighted by Gasteiger charge is -2.32. The van der Waals surface area contributed by atoms with Gasteiger partial charge in [0.2, 0.25) is 0 Å². The number of likely N-dealkylation sites (tertiary alicyclic amines) is 2. The number of piperidine rings is 1. The van der Waals surface area contributed by atoms with Gasteiger partial charge in [-0.05, 0) is 56.1 Å². The highest BCUT2D eigenvalue weighted by molar-refractivity contribution is 6.30. The Labute approximate surface area is 126 Å². The van der Waals surface area contributed by atoms with E-state index in [4.69, 9.17) is 17.3 Å². The first-order valence-corrected chi connectivity index (χ1v) is 8.10. The minimum Gasteiger partial charge on any atom is -0.398 e. The molecule has 3 nitrogen and oxygen atoms in total. The highest BCUT2D eigenvalue weighted by atomic mass is 35.5. The van der Waals surface area contributed by atoms with Crippen molar-refractivity contribution < 1.29 is 0 Å². The summed E-state index contributed by atoms with van der Waals surface area (Å²) in [5.41, 5.74) is 8.07. The number of nitrogens with two attached hydrogens (primary N) is 1. The van der Waals surface area contributed by atoms with E-state index in [0.29, 0.717) is 0 Å². The van der Waals surface area contributed by atoms with E-state index in [9.17, 15) is 0 Å². The first-order chi connectivity index (χ1) is 9.72. The van der Waals surface area contributed by atoms with Gasteiger partial charge in [0.15, 0.2) is 0 Å². The highest BCUT2D eigenvalue weighted by Gasteiger charge is 2.28. The minimum absolute atomic E-state index is 0.746. The molecule has 2 N–H and O–H groups in total. The maximum Gasteiger partial charge on any atom is 0.0410 e. The lowest BCUT2D eigenvalue weighted by molar-refractivity contribution is 0.161. The van der Waals surface area contributed by atoms with Gasteiger partial charge in [0.1, 0.15) is 0 Å². The first-order valence-electron chi connectivity index (χ1n) is 7.73. The van der Waals surface area contributed by atoms with E-state index in [2.05, 4.69) is 9.80 Å². The lowest BCUT2D eigenvalue weighted by atomic mass is 10.1. The molecule has 2 aliphatic heterocycles. The van der Waals surface area contributed by atoms with Crippen molar-refractivity contribution in [3.05, 3.63) is 28.8 Å². The molecule has 0 aromatic heterocycles. The summed E-state index contributed by atoms with van der Waals surface area (Å²) >= 11 is 6.07. The maximum absolute atomic E-state index is 6.07. The molecule has 3 rings (SSSR count). The lowest BCUT2D eigenvalue weighted by Crippen LogP contribution is -2.40. The van der Waals surface area contributed by atoms with Crippen molar-refractivity contribution in [3.63, 3.8) is 0 Å². The SMILES string of the molecule is Nc1ccc(Cl)cc1CN1CCC(N2CCCCC2)C1. The Hall–Kier alpha value is -0.770. The molecule has 2 heterocycles. The zero-order valence-electron chi connectivity index (χ0n) is 12.0. The molecule has 0 spiro atoms. The maximum atomic E-state index is 6.07. The van der Waals surface area contributed by atoms with Crippen LogP contribution >= 0.6 is 11.6 Å². The summed E-state index contributed by atoms with van der Waals surface area (Å²) in [5, 5.41) is 0.779. The van der Waals surface area contributed by atoms with Crippen LogP contribution in [0.25, 0.3) is 0 Å². The molecule has 1 atom stereocenters. The fourth-order valence-corrected chi connectivity index (χ4v) is 3.68. The first kappa shape index (κ1) is 14.2. The number of benzene rings is 1. The summed E-state index contributed by atoms with van der Waals surface area (Å²) in [7, 11) is 0. The van der Waals surface area contributed by atoms with Gasteiger partial charge in [-0.2, -0.15) is 0 Å². The molecule has 2 saturated heterocycles. The molecule has 2 fully saturated rings. The number of rotatable bonds is 3. The molecular weight excluding hydrogens is 270 g/mol. The third kappa shape index (κ3) is 3.27. The molecule has 0 aliphatic carbocycles. The molecular formula is C16H24ClN3. The molecule has 0 radical (unpaired) electrons. The number of anilines is 1. The smallest absolute Gasteiger partial charge is 0.0410 e. The van der Waals surface area contributed by atoms with Crippen molar-refractivity contribution in [1.29, 1.82) is 0 Å². The van der Waals surface area contributed by atoms with Crippen LogP contribution in [-0.4, -0.2) is 42.0 Å². The van der Waals surface area contributed by atoms with Crippen LogP contribution in [0.2, 0.25) is 5.02 Å². The Morgan fingerprint density at radius 1 is 1.15 bits per heavy atom. The highest BCUT2D eigenvalue weighted by Crippen LogP contribution is 2.24. The average molecular weight is 294 g/mol. The Morgan fingerprint density at radius 2 is 1.95 bits per heavy atom. The van der Waals surface area contributed by atoms with Crippen molar-refractivity contribution >= 4 is 17.3 Å².